The second-order valence-electron chi connectivity index (χ2n) is 9.00. The second-order valence-corrected chi connectivity index (χ2v) is 10.6. The Bertz CT molecular complexity index is 1110. The van der Waals surface area contributed by atoms with Crippen molar-refractivity contribution in [1.82, 2.24) is 9.71 Å². The van der Waals surface area contributed by atoms with E-state index in [2.05, 4.69) is 15.0 Å². The summed E-state index contributed by atoms with van der Waals surface area (Å²) in [6, 6.07) is 8.22. The minimum atomic E-state index is -4.56. The average molecular weight is 485 g/mol. The van der Waals surface area contributed by atoms with Gasteiger partial charge in [0.2, 0.25) is 15.9 Å². The molecule has 1 aromatic carbocycles. The molecule has 2 heterocycles. The topological polar surface area (TPSA) is 91.4 Å². The third kappa shape index (κ3) is 6.23. The Balaban J connectivity index is 1.81. The number of alkyl halides is 3. The van der Waals surface area contributed by atoms with Crippen LogP contribution in [0.15, 0.2) is 47.5 Å². The first kappa shape index (κ1) is 25.0. The fourth-order valence-electron chi connectivity index (χ4n) is 3.75. The number of nitrogens with one attached hydrogen (secondary N) is 2. The predicted molar refractivity (Wildman–Crippen MR) is 119 cm³/mol. The van der Waals surface area contributed by atoms with Crippen LogP contribution in [0.1, 0.15) is 39.2 Å². The first-order chi connectivity index (χ1) is 15.3. The molecule has 2 aromatic rings. The molecule has 0 saturated carbocycles. The molecule has 0 spiro atoms. The molecule has 0 bridgehead atoms. The van der Waals surface area contributed by atoms with Crippen molar-refractivity contribution in [1.29, 1.82) is 0 Å². The standard InChI is InChI=1S/C22H27F3N4O3S/c1-21(2,3)28-33(31,32)18-11-5-4-10-17(18)27-20(30)15-8-7-13-29(14-15)19-16(22(23,24)25)9-6-12-26-19/h4-6,9-12,15,28H,7-8,13-14H2,1-3H3,(H,27,30). The summed E-state index contributed by atoms with van der Waals surface area (Å²) in [7, 11) is -3.91. The van der Waals surface area contributed by atoms with Crippen molar-refractivity contribution in [2.75, 3.05) is 23.3 Å². The van der Waals surface area contributed by atoms with Gasteiger partial charge in [-0.2, -0.15) is 13.2 Å². The summed E-state index contributed by atoms with van der Waals surface area (Å²) in [5.74, 6) is -1.30. The van der Waals surface area contributed by atoms with Crippen molar-refractivity contribution < 1.29 is 26.4 Å². The van der Waals surface area contributed by atoms with E-state index in [1.54, 1.807) is 32.9 Å². The molecule has 11 heteroatoms. The number of anilines is 2. The molecule has 0 aliphatic carbocycles. The van der Waals surface area contributed by atoms with Crippen LogP contribution in [0.25, 0.3) is 0 Å². The number of carbonyl (C=O) groups is 1. The summed E-state index contributed by atoms with van der Waals surface area (Å²) >= 11 is 0. The smallest absolute Gasteiger partial charge is 0.355 e. The van der Waals surface area contributed by atoms with Crippen molar-refractivity contribution in [3.05, 3.63) is 48.2 Å². The van der Waals surface area contributed by atoms with Crippen molar-refractivity contribution in [3.8, 4) is 0 Å². The number of benzene rings is 1. The molecular formula is C22H27F3N4O3S. The van der Waals surface area contributed by atoms with Gasteiger partial charge in [0.05, 0.1) is 17.2 Å². The van der Waals surface area contributed by atoms with Crippen molar-refractivity contribution in [2.24, 2.45) is 5.92 Å². The van der Waals surface area contributed by atoms with Crippen LogP contribution in [0.5, 0.6) is 0 Å². The van der Waals surface area contributed by atoms with Gasteiger partial charge in [-0.15, -0.1) is 0 Å². The van der Waals surface area contributed by atoms with Crippen molar-refractivity contribution in [3.63, 3.8) is 0 Å². The quantitative estimate of drug-likeness (QED) is 0.669. The summed E-state index contributed by atoms with van der Waals surface area (Å²) in [5, 5.41) is 2.66. The highest BCUT2D eigenvalue weighted by Crippen LogP contribution is 2.36. The largest absolute Gasteiger partial charge is 0.419 e. The van der Waals surface area contributed by atoms with E-state index in [4.69, 9.17) is 0 Å². The monoisotopic (exact) mass is 484 g/mol. The zero-order chi connectivity index (χ0) is 24.4. The number of aromatic nitrogens is 1. The van der Waals surface area contributed by atoms with Gasteiger partial charge >= 0.3 is 6.18 Å². The molecule has 1 aliphatic rings. The molecule has 180 valence electrons. The van der Waals surface area contributed by atoms with E-state index >= 15 is 0 Å². The minimum absolute atomic E-state index is 0.0427. The molecule has 1 saturated heterocycles. The van der Waals surface area contributed by atoms with Crippen molar-refractivity contribution in [2.45, 2.75) is 50.2 Å². The lowest BCUT2D eigenvalue weighted by atomic mass is 9.96. The van der Waals surface area contributed by atoms with Crippen LogP contribution >= 0.6 is 0 Å². The number of carbonyl (C=O) groups excluding carboxylic acids is 1. The van der Waals surface area contributed by atoms with Gasteiger partial charge in [0.15, 0.2) is 0 Å². The molecule has 1 unspecified atom stereocenters. The van der Waals surface area contributed by atoms with E-state index in [-0.39, 0.29) is 22.9 Å². The lowest BCUT2D eigenvalue weighted by molar-refractivity contribution is -0.137. The van der Waals surface area contributed by atoms with E-state index in [1.807, 2.05) is 0 Å². The molecule has 1 aliphatic heterocycles. The summed E-state index contributed by atoms with van der Waals surface area (Å²) in [6.07, 6.45) is -2.31. The molecular weight excluding hydrogens is 457 g/mol. The molecule has 1 aromatic heterocycles. The molecule has 2 N–H and O–H groups in total. The second kappa shape index (κ2) is 9.30. The highest BCUT2D eigenvalue weighted by Gasteiger charge is 2.37. The Kier molecular flexibility index (Phi) is 7.04. The Hall–Kier alpha value is -2.66. The number of hydrogen-bond donors (Lipinski definition) is 2. The van der Waals surface area contributed by atoms with E-state index in [1.165, 1.54) is 29.3 Å². The normalized spacial score (nSPS) is 17.6. The fraction of sp³-hybridized carbons (Fsp3) is 0.455. The highest BCUT2D eigenvalue weighted by molar-refractivity contribution is 7.89. The van der Waals surface area contributed by atoms with Crippen LogP contribution in [0.2, 0.25) is 0 Å². The third-order valence-corrected chi connectivity index (χ3v) is 6.87. The lowest BCUT2D eigenvalue weighted by Gasteiger charge is -2.34. The molecule has 33 heavy (non-hydrogen) atoms. The Morgan fingerprint density at radius 1 is 1.12 bits per heavy atom. The van der Waals surface area contributed by atoms with E-state index in [0.29, 0.717) is 19.4 Å². The van der Waals surface area contributed by atoms with Gasteiger partial charge in [-0.3, -0.25) is 4.79 Å². The number of hydrogen-bond acceptors (Lipinski definition) is 5. The van der Waals surface area contributed by atoms with E-state index in [0.717, 1.165) is 6.07 Å². The number of rotatable bonds is 5. The molecule has 1 amide bonds. The van der Waals surface area contributed by atoms with Gasteiger partial charge in [0, 0.05) is 24.8 Å². The van der Waals surface area contributed by atoms with Crippen LogP contribution < -0.4 is 14.9 Å². The minimum Gasteiger partial charge on any atom is -0.355 e. The molecule has 1 atom stereocenters. The number of nitrogens with zero attached hydrogens (tertiary/aromatic N) is 2. The van der Waals surface area contributed by atoms with Gasteiger partial charge in [-0.05, 0) is 57.9 Å². The van der Waals surface area contributed by atoms with Gasteiger partial charge < -0.3 is 10.2 Å². The first-order valence-corrected chi connectivity index (χ1v) is 12.0. The maximum atomic E-state index is 13.4. The first-order valence-electron chi connectivity index (χ1n) is 10.5. The maximum absolute atomic E-state index is 13.4. The predicted octanol–water partition coefficient (Wildman–Crippen LogP) is 4.03. The zero-order valence-corrected chi connectivity index (χ0v) is 19.4. The third-order valence-electron chi connectivity index (χ3n) is 5.06. The summed E-state index contributed by atoms with van der Waals surface area (Å²) in [4.78, 5) is 18.3. The van der Waals surface area contributed by atoms with E-state index < -0.39 is 39.1 Å². The zero-order valence-electron chi connectivity index (χ0n) is 18.6. The maximum Gasteiger partial charge on any atom is 0.419 e. The fourth-order valence-corrected chi connectivity index (χ4v) is 5.33. The van der Waals surface area contributed by atoms with E-state index in [9.17, 15) is 26.4 Å². The number of amides is 1. The molecule has 0 radical (unpaired) electrons. The summed E-state index contributed by atoms with van der Waals surface area (Å²) in [6.45, 7) is 5.49. The van der Waals surface area contributed by atoms with Gasteiger partial charge in [-0.25, -0.2) is 18.1 Å². The SMILES string of the molecule is CC(C)(C)NS(=O)(=O)c1ccccc1NC(=O)C1CCCN(c2ncccc2C(F)(F)F)C1. The number of para-hydroxylation sites is 1. The van der Waals surface area contributed by atoms with Gasteiger partial charge in [-0.1, -0.05) is 12.1 Å². The van der Waals surface area contributed by atoms with Crippen LogP contribution in [0.3, 0.4) is 0 Å². The number of halogens is 3. The Morgan fingerprint density at radius 3 is 2.48 bits per heavy atom. The van der Waals surface area contributed by atoms with Crippen LogP contribution in [0, 0.1) is 5.92 Å². The van der Waals surface area contributed by atoms with Gasteiger partial charge in [0.1, 0.15) is 10.7 Å². The highest BCUT2D eigenvalue weighted by atomic mass is 32.2. The van der Waals surface area contributed by atoms with Crippen LogP contribution in [-0.2, 0) is 21.0 Å². The lowest BCUT2D eigenvalue weighted by Crippen LogP contribution is -2.42. The van der Waals surface area contributed by atoms with Crippen LogP contribution in [-0.4, -0.2) is 37.9 Å². The summed E-state index contributed by atoms with van der Waals surface area (Å²) < 4.78 is 68.4. The average Bonchev–Trinajstić information content (AvgIpc) is 2.72. The number of piperidine rings is 1. The molecule has 1 fully saturated rings. The summed E-state index contributed by atoms with van der Waals surface area (Å²) in [5.41, 5.74) is -1.46. The number of sulfonamides is 1. The molecule has 7 nitrogen and oxygen atoms in total. The van der Waals surface area contributed by atoms with Crippen LogP contribution in [0.4, 0.5) is 24.7 Å². The van der Waals surface area contributed by atoms with Crippen molar-refractivity contribution >= 4 is 27.4 Å². The Morgan fingerprint density at radius 2 is 1.82 bits per heavy atom. The number of pyridine rings is 1. The Labute approximate surface area is 191 Å². The van der Waals surface area contributed by atoms with Gasteiger partial charge in [0.25, 0.3) is 0 Å². The molecule has 3 rings (SSSR count).